The van der Waals surface area contributed by atoms with Crippen molar-refractivity contribution in [1.82, 2.24) is 4.98 Å². The fourth-order valence-corrected chi connectivity index (χ4v) is 4.35. The van der Waals surface area contributed by atoms with Gasteiger partial charge in [0.2, 0.25) is 5.90 Å². The molecule has 200 valence electrons. The molecule has 0 aliphatic carbocycles. The summed E-state index contributed by atoms with van der Waals surface area (Å²) in [4.78, 5) is 15.1. The molecular weight excluding hydrogens is 634 g/mol. The Hall–Kier alpha value is -1.53. The third-order valence-electron chi connectivity index (χ3n) is 6.59. The van der Waals surface area contributed by atoms with E-state index in [9.17, 15) is 0 Å². The van der Waals surface area contributed by atoms with Gasteiger partial charge in [-0.3, -0.25) is 4.99 Å². The summed E-state index contributed by atoms with van der Waals surface area (Å²) in [5.41, 5.74) is 7.33. The first kappa shape index (κ1) is 30.0. The van der Waals surface area contributed by atoms with Gasteiger partial charge in [-0.1, -0.05) is 84.9 Å². The summed E-state index contributed by atoms with van der Waals surface area (Å²) in [5.74, 6) is 1.49. The van der Waals surface area contributed by atoms with Gasteiger partial charge in [0.25, 0.3) is 0 Å². The van der Waals surface area contributed by atoms with E-state index in [2.05, 4.69) is 126 Å². The predicted octanol–water partition coefficient (Wildman–Crippen LogP) is 9.50. The van der Waals surface area contributed by atoms with Crippen LogP contribution in [0.15, 0.2) is 58.5 Å². The summed E-state index contributed by atoms with van der Waals surface area (Å²) in [5, 5.41) is 1.07. The molecule has 0 fully saturated rings. The van der Waals surface area contributed by atoms with Crippen molar-refractivity contribution in [1.29, 1.82) is 0 Å². The monoisotopic (exact) mass is 669 g/mol. The minimum atomic E-state index is 0.0616. The van der Waals surface area contributed by atoms with Crippen molar-refractivity contribution < 1.29 is 16.1 Å². The molecular formula is C30H37Br2FeN3O. The van der Waals surface area contributed by atoms with Gasteiger partial charge in [-0.2, -0.15) is 0 Å². The van der Waals surface area contributed by atoms with Crippen molar-refractivity contribution in [3.05, 3.63) is 70.9 Å². The number of aliphatic imine (C=N–C) groups is 2. The van der Waals surface area contributed by atoms with Gasteiger partial charge in [0.05, 0.1) is 34.2 Å². The van der Waals surface area contributed by atoms with Crippen LogP contribution >= 0.6 is 28.2 Å². The van der Waals surface area contributed by atoms with Crippen molar-refractivity contribution in [3.8, 4) is 0 Å². The predicted molar refractivity (Wildman–Crippen MR) is 162 cm³/mol. The number of rotatable bonds is 5. The Morgan fingerprint density at radius 2 is 1.57 bits per heavy atom. The van der Waals surface area contributed by atoms with Crippen LogP contribution < -0.4 is 0 Å². The van der Waals surface area contributed by atoms with E-state index < -0.39 is 0 Å². The Labute approximate surface area is 242 Å². The molecule has 0 saturated carbocycles. The van der Waals surface area contributed by atoms with Gasteiger partial charge in [0, 0.05) is 5.39 Å². The number of hydrogen-bond donors (Lipinski definition) is 0. The van der Waals surface area contributed by atoms with E-state index in [4.69, 9.17) is 19.7 Å². The Morgan fingerprint density at radius 3 is 2.11 bits per heavy atom. The van der Waals surface area contributed by atoms with E-state index in [0.29, 0.717) is 24.3 Å². The maximum atomic E-state index is 6.05. The van der Waals surface area contributed by atoms with E-state index in [1.807, 2.05) is 6.07 Å². The van der Waals surface area contributed by atoms with E-state index in [-0.39, 0.29) is 11.5 Å². The van der Waals surface area contributed by atoms with Gasteiger partial charge < -0.3 is 4.74 Å². The number of aromatic nitrogens is 1. The average Bonchev–Trinajstić information content (AvgIpc) is 3.34. The van der Waals surface area contributed by atoms with Crippen LogP contribution in [-0.4, -0.2) is 29.2 Å². The number of pyridine rings is 1. The molecule has 0 unspecified atom stereocenters. The zero-order valence-electron chi connectivity index (χ0n) is 22.9. The summed E-state index contributed by atoms with van der Waals surface area (Å²) in [7, 11) is 0. The van der Waals surface area contributed by atoms with Crippen molar-refractivity contribution in [3.63, 3.8) is 0 Å². The molecule has 0 radical (unpaired) electrons. The molecule has 4 nitrogen and oxygen atoms in total. The fraction of sp³-hybridized carbons (Fsp3) is 0.433. The summed E-state index contributed by atoms with van der Waals surface area (Å²) in [6.45, 7) is 18.2. The molecule has 1 aliphatic rings. The van der Waals surface area contributed by atoms with Crippen LogP contribution in [0.25, 0.3) is 10.9 Å². The Balaban J connectivity index is 0.00000121. The number of fused-ring (bicyclic) bond motifs is 1. The van der Waals surface area contributed by atoms with Gasteiger partial charge in [-0.25, -0.2) is 9.98 Å². The van der Waals surface area contributed by atoms with Crippen LogP contribution in [0.5, 0.6) is 0 Å². The molecule has 37 heavy (non-hydrogen) atoms. The number of halogens is 2. The molecule has 0 bridgehead atoms. The first-order chi connectivity index (χ1) is 17.5. The standard InChI is InChI=1S/C30H37N3O.2BrH.Fe/c1-18(2)22-12-10-13-23(19(3)4)28(22)31-20(5)25-16-15-21-11-9-14-24(27(21)32-25)29-33-26(17-34-29)30(6,7)8;;;/h9-16,18-19,26H,17H2,1-8H3;2*1H;/q;;;+2/p-2/t26-;;;/m1.../s1. The topological polar surface area (TPSA) is 46.8 Å². The number of nitrogens with zero attached hydrogens (tertiary/aromatic N) is 3. The van der Waals surface area contributed by atoms with Crippen LogP contribution in [0.2, 0.25) is 0 Å². The van der Waals surface area contributed by atoms with E-state index >= 15 is 0 Å². The summed E-state index contributed by atoms with van der Waals surface area (Å²) < 4.78 is 6.05. The average molecular weight is 671 g/mol. The summed E-state index contributed by atoms with van der Waals surface area (Å²) in [6.07, 6.45) is 0. The van der Waals surface area contributed by atoms with Crippen molar-refractivity contribution in [2.75, 3.05) is 6.61 Å². The molecule has 7 heteroatoms. The van der Waals surface area contributed by atoms with Gasteiger partial charge >= 0.3 is 39.6 Å². The molecule has 0 amide bonds. The maximum absolute atomic E-state index is 6.05. The Kier molecular flexibility index (Phi) is 10.6. The second kappa shape index (κ2) is 13.0. The first-order valence-corrected chi connectivity index (χ1v) is 18.1. The normalized spacial score (nSPS) is 16.2. The third kappa shape index (κ3) is 7.32. The third-order valence-corrected chi connectivity index (χ3v) is 6.59. The quantitative estimate of drug-likeness (QED) is 0.201. The molecule has 1 aliphatic heterocycles. The van der Waals surface area contributed by atoms with Gasteiger partial charge in [-0.05, 0) is 47.4 Å². The summed E-state index contributed by atoms with van der Waals surface area (Å²) in [6, 6.07) is 17.0. The molecule has 1 aromatic heterocycles. The minimum absolute atomic E-state index is 0.0616. The molecule has 1 atom stereocenters. The molecule has 0 saturated heterocycles. The van der Waals surface area contributed by atoms with Crippen LogP contribution in [0.3, 0.4) is 0 Å². The first-order valence-electron chi connectivity index (χ1n) is 12.6. The van der Waals surface area contributed by atoms with Gasteiger partial charge in [0.1, 0.15) is 6.61 Å². The van der Waals surface area contributed by atoms with Crippen molar-refractivity contribution >= 4 is 56.4 Å². The number of hydrogen-bond acceptors (Lipinski definition) is 4. The molecule has 2 aromatic carbocycles. The van der Waals surface area contributed by atoms with E-state index in [0.717, 1.165) is 44.9 Å². The molecule has 0 spiro atoms. The second-order valence-electron chi connectivity index (χ2n) is 11.0. The Bertz CT molecular complexity index is 1270. The molecule has 3 aromatic rings. The SMILES string of the molecule is CC(=Nc1c(C(C)C)cccc1C(C)C)c1ccc2cccc(C3=N[C@@H](C(C)(C)C)CO3)c2n1.[Br][Fe][Br]. The van der Waals surface area contributed by atoms with E-state index in [1.54, 1.807) is 0 Å². The zero-order valence-corrected chi connectivity index (χ0v) is 27.2. The molecule has 2 heterocycles. The second-order valence-corrected chi connectivity index (χ2v) is 16.6. The number of para-hydroxylation sites is 2. The number of benzene rings is 2. The van der Waals surface area contributed by atoms with E-state index in [1.165, 1.54) is 11.1 Å². The van der Waals surface area contributed by atoms with Gasteiger partial charge in [-0.15, -0.1) is 0 Å². The van der Waals surface area contributed by atoms with Gasteiger partial charge in [0.15, 0.2) is 0 Å². The van der Waals surface area contributed by atoms with Crippen LogP contribution in [0, 0.1) is 5.41 Å². The Morgan fingerprint density at radius 1 is 0.973 bits per heavy atom. The molecule has 0 N–H and O–H groups in total. The van der Waals surface area contributed by atoms with Crippen molar-refractivity contribution in [2.45, 2.75) is 73.3 Å². The summed E-state index contributed by atoms with van der Waals surface area (Å²) >= 11 is 7.00. The van der Waals surface area contributed by atoms with Crippen LogP contribution in [-0.2, 0) is 16.1 Å². The molecule has 4 rings (SSSR count). The van der Waals surface area contributed by atoms with Crippen LogP contribution in [0.4, 0.5) is 5.69 Å². The van der Waals surface area contributed by atoms with Crippen LogP contribution in [0.1, 0.15) is 89.6 Å². The number of ether oxygens (including phenoxy) is 1. The fourth-order valence-electron chi connectivity index (χ4n) is 4.35. The zero-order chi connectivity index (χ0) is 27.3. The van der Waals surface area contributed by atoms with Crippen molar-refractivity contribution in [2.24, 2.45) is 15.4 Å².